The summed E-state index contributed by atoms with van der Waals surface area (Å²) in [5.41, 5.74) is 2.97. The number of para-hydroxylation sites is 1. The average Bonchev–Trinajstić information content (AvgIpc) is 3.24. The molecule has 1 aromatic heterocycles. The van der Waals surface area contributed by atoms with E-state index >= 15 is 0 Å². The number of hydrogen-bond donors (Lipinski definition) is 0. The van der Waals surface area contributed by atoms with Gasteiger partial charge in [-0.15, -0.1) is 0 Å². The number of rotatable bonds is 5. The van der Waals surface area contributed by atoms with Crippen molar-refractivity contribution in [3.05, 3.63) is 60.3 Å². The van der Waals surface area contributed by atoms with E-state index in [4.69, 9.17) is 14.6 Å². The number of hydrogen-bond acceptors (Lipinski definition) is 4. The molecule has 0 aliphatic carbocycles. The van der Waals surface area contributed by atoms with Gasteiger partial charge in [-0.3, -0.25) is 4.79 Å². The minimum Gasteiger partial charge on any atom is -0.493 e. The van der Waals surface area contributed by atoms with Gasteiger partial charge in [0, 0.05) is 24.8 Å². The third-order valence-corrected chi connectivity index (χ3v) is 5.27. The smallest absolute Gasteiger partial charge is 0.257 e. The molecule has 0 saturated carbocycles. The molecule has 0 radical (unpaired) electrons. The SMILES string of the molecule is COc1ccc(-c2nn(-c3ccccc3)cc2C(=O)N2CCCCC2)cc1OC. The molecule has 1 saturated heterocycles. The Morgan fingerprint density at radius 3 is 2.34 bits per heavy atom. The van der Waals surface area contributed by atoms with Crippen LogP contribution < -0.4 is 9.47 Å². The molecule has 3 aromatic rings. The summed E-state index contributed by atoms with van der Waals surface area (Å²) in [4.78, 5) is 15.3. The number of carbonyl (C=O) groups is 1. The number of methoxy groups -OCH3 is 2. The minimum absolute atomic E-state index is 0.0247. The van der Waals surface area contributed by atoms with Gasteiger partial charge in [-0.2, -0.15) is 5.10 Å². The molecule has 1 amide bonds. The van der Waals surface area contributed by atoms with Crippen LogP contribution in [0.2, 0.25) is 0 Å². The Kier molecular flexibility index (Phi) is 5.51. The number of ether oxygens (including phenoxy) is 2. The predicted octanol–water partition coefficient (Wildman–Crippen LogP) is 4.18. The van der Waals surface area contributed by atoms with E-state index < -0.39 is 0 Å². The van der Waals surface area contributed by atoms with E-state index in [9.17, 15) is 4.79 Å². The summed E-state index contributed by atoms with van der Waals surface area (Å²) in [6.07, 6.45) is 5.10. The maximum absolute atomic E-state index is 13.3. The standard InChI is InChI=1S/C23H25N3O3/c1-28-20-12-11-17(15-21(20)29-2)22-19(23(27)25-13-7-4-8-14-25)16-26(24-22)18-9-5-3-6-10-18/h3,5-6,9-12,15-16H,4,7-8,13-14H2,1-2H3. The Balaban J connectivity index is 1.81. The molecule has 0 bridgehead atoms. The zero-order valence-corrected chi connectivity index (χ0v) is 16.8. The zero-order valence-electron chi connectivity index (χ0n) is 16.8. The van der Waals surface area contributed by atoms with E-state index in [2.05, 4.69) is 0 Å². The molecule has 2 heterocycles. The molecule has 0 spiro atoms. The lowest BCUT2D eigenvalue weighted by Crippen LogP contribution is -2.35. The zero-order chi connectivity index (χ0) is 20.2. The van der Waals surface area contributed by atoms with Gasteiger partial charge in [-0.1, -0.05) is 18.2 Å². The Labute approximate surface area is 170 Å². The van der Waals surface area contributed by atoms with Crippen molar-refractivity contribution in [2.24, 2.45) is 0 Å². The Bertz CT molecular complexity index is 992. The first-order valence-corrected chi connectivity index (χ1v) is 9.88. The van der Waals surface area contributed by atoms with E-state index in [0.29, 0.717) is 22.8 Å². The Morgan fingerprint density at radius 1 is 0.931 bits per heavy atom. The van der Waals surface area contributed by atoms with Crippen LogP contribution in [0.15, 0.2) is 54.7 Å². The summed E-state index contributed by atoms with van der Waals surface area (Å²) in [7, 11) is 3.21. The minimum atomic E-state index is 0.0247. The van der Waals surface area contributed by atoms with Crippen molar-refractivity contribution in [2.75, 3.05) is 27.3 Å². The summed E-state index contributed by atoms with van der Waals surface area (Å²) in [6.45, 7) is 1.58. The van der Waals surface area contributed by atoms with Crippen LogP contribution in [-0.4, -0.2) is 47.9 Å². The monoisotopic (exact) mass is 391 g/mol. The van der Waals surface area contributed by atoms with Gasteiger partial charge in [-0.25, -0.2) is 4.68 Å². The molecule has 1 aliphatic heterocycles. The molecule has 150 valence electrons. The van der Waals surface area contributed by atoms with Crippen molar-refractivity contribution in [1.82, 2.24) is 14.7 Å². The lowest BCUT2D eigenvalue weighted by Gasteiger charge is -2.26. The normalized spacial score (nSPS) is 13.9. The number of amides is 1. The van der Waals surface area contributed by atoms with Crippen LogP contribution >= 0.6 is 0 Å². The van der Waals surface area contributed by atoms with E-state index in [0.717, 1.165) is 37.2 Å². The first-order valence-electron chi connectivity index (χ1n) is 9.88. The molecule has 0 N–H and O–H groups in total. The van der Waals surface area contributed by atoms with Gasteiger partial charge in [0.25, 0.3) is 5.91 Å². The third-order valence-electron chi connectivity index (χ3n) is 5.27. The number of aromatic nitrogens is 2. The van der Waals surface area contributed by atoms with Gasteiger partial charge in [0.1, 0.15) is 5.69 Å². The lowest BCUT2D eigenvalue weighted by atomic mass is 10.0. The van der Waals surface area contributed by atoms with Crippen LogP contribution in [-0.2, 0) is 0 Å². The maximum atomic E-state index is 13.3. The van der Waals surface area contributed by atoms with Crippen LogP contribution in [0.1, 0.15) is 29.6 Å². The Morgan fingerprint density at radius 2 is 1.66 bits per heavy atom. The highest BCUT2D eigenvalue weighted by Gasteiger charge is 2.25. The molecular weight excluding hydrogens is 366 g/mol. The van der Waals surface area contributed by atoms with Crippen LogP contribution in [0.25, 0.3) is 16.9 Å². The van der Waals surface area contributed by atoms with Crippen molar-refractivity contribution in [3.8, 4) is 28.4 Å². The van der Waals surface area contributed by atoms with Gasteiger partial charge in [0.2, 0.25) is 0 Å². The largest absolute Gasteiger partial charge is 0.493 e. The average molecular weight is 391 g/mol. The van der Waals surface area contributed by atoms with Crippen molar-refractivity contribution in [2.45, 2.75) is 19.3 Å². The second kappa shape index (κ2) is 8.39. The number of carbonyl (C=O) groups excluding carboxylic acids is 1. The molecule has 0 atom stereocenters. The highest BCUT2D eigenvalue weighted by Crippen LogP contribution is 2.34. The second-order valence-corrected chi connectivity index (χ2v) is 7.09. The summed E-state index contributed by atoms with van der Waals surface area (Å²) in [5, 5.41) is 4.77. The van der Waals surface area contributed by atoms with Gasteiger partial charge in [0.05, 0.1) is 25.5 Å². The van der Waals surface area contributed by atoms with Crippen molar-refractivity contribution in [1.29, 1.82) is 0 Å². The van der Waals surface area contributed by atoms with Crippen LogP contribution in [0, 0.1) is 0 Å². The quantitative estimate of drug-likeness (QED) is 0.655. The fraction of sp³-hybridized carbons (Fsp3) is 0.304. The molecule has 6 nitrogen and oxygen atoms in total. The van der Waals surface area contributed by atoms with Gasteiger partial charge < -0.3 is 14.4 Å². The molecule has 1 fully saturated rings. The first-order chi connectivity index (χ1) is 14.2. The molecular formula is C23H25N3O3. The Hall–Kier alpha value is -3.28. The summed E-state index contributed by atoms with van der Waals surface area (Å²) in [6, 6.07) is 15.4. The number of likely N-dealkylation sites (tertiary alicyclic amines) is 1. The van der Waals surface area contributed by atoms with Crippen molar-refractivity contribution >= 4 is 5.91 Å². The second-order valence-electron chi connectivity index (χ2n) is 7.09. The lowest BCUT2D eigenvalue weighted by molar-refractivity contribution is 0.0725. The number of piperidine rings is 1. The molecule has 4 rings (SSSR count). The highest BCUT2D eigenvalue weighted by atomic mass is 16.5. The van der Waals surface area contributed by atoms with Gasteiger partial charge in [0.15, 0.2) is 11.5 Å². The molecule has 6 heteroatoms. The first kappa shape index (κ1) is 19.1. The highest BCUT2D eigenvalue weighted by molar-refractivity contribution is 6.00. The van der Waals surface area contributed by atoms with Crippen LogP contribution in [0.3, 0.4) is 0 Å². The van der Waals surface area contributed by atoms with Crippen molar-refractivity contribution < 1.29 is 14.3 Å². The molecule has 1 aliphatic rings. The fourth-order valence-corrected chi connectivity index (χ4v) is 3.71. The molecule has 0 unspecified atom stereocenters. The van der Waals surface area contributed by atoms with E-state index in [-0.39, 0.29) is 5.91 Å². The summed E-state index contributed by atoms with van der Waals surface area (Å²) < 4.78 is 12.6. The molecule has 29 heavy (non-hydrogen) atoms. The topological polar surface area (TPSA) is 56.6 Å². The van der Waals surface area contributed by atoms with Gasteiger partial charge in [-0.05, 0) is 49.6 Å². The van der Waals surface area contributed by atoms with Gasteiger partial charge >= 0.3 is 0 Å². The van der Waals surface area contributed by atoms with E-state index in [1.807, 2.05) is 59.6 Å². The fourth-order valence-electron chi connectivity index (χ4n) is 3.71. The van der Waals surface area contributed by atoms with Crippen molar-refractivity contribution in [3.63, 3.8) is 0 Å². The number of nitrogens with zero attached hydrogens (tertiary/aromatic N) is 3. The predicted molar refractivity (Wildman–Crippen MR) is 112 cm³/mol. The van der Waals surface area contributed by atoms with Crippen LogP contribution in [0.4, 0.5) is 0 Å². The van der Waals surface area contributed by atoms with E-state index in [1.165, 1.54) is 6.42 Å². The molecule has 2 aromatic carbocycles. The summed E-state index contributed by atoms with van der Waals surface area (Å²) >= 11 is 0. The van der Waals surface area contributed by atoms with Crippen LogP contribution in [0.5, 0.6) is 11.5 Å². The number of benzene rings is 2. The maximum Gasteiger partial charge on any atom is 0.257 e. The van der Waals surface area contributed by atoms with E-state index in [1.54, 1.807) is 18.9 Å². The summed E-state index contributed by atoms with van der Waals surface area (Å²) in [5.74, 6) is 1.27. The third kappa shape index (κ3) is 3.83.